The van der Waals surface area contributed by atoms with Crippen LogP contribution < -0.4 is 10.1 Å². The quantitative estimate of drug-likeness (QED) is 0.407. The maximum Gasteiger partial charge on any atom is 0.234 e. The minimum Gasteiger partial charge on any atom is -0.497 e. The summed E-state index contributed by atoms with van der Waals surface area (Å²) in [4.78, 5) is 13.7. The van der Waals surface area contributed by atoms with Gasteiger partial charge in [-0.05, 0) is 35.7 Å². The molecule has 0 radical (unpaired) electrons. The second kappa shape index (κ2) is 9.60. The monoisotopic (exact) mass is 436 g/mol. The zero-order valence-corrected chi connectivity index (χ0v) is 18.0. The Kier molecular flexibility index (Phi) is 6.46. The molecule has 0 saturated carbocycles. The molecule has 2 aromatic heterocycles. The van der Waals surface area contributed by atoms with Gasteiger partial charge in [-0.1, -0.05) is 42.1 Å². The highest BCUT2D eigenvalue weighted by molar-refractivity contribution is 7.99. The molecule has 0 spiro atoms. The third-order valence-corrected chi connectivity index (χ3v) is 6.12. The molecular weight excluding hydrogens is 416 g/mol. The van der Waals surface area contributed by atoms with Gasteiger partial charge in [0.2, 0.25) is 5.91 Å². The van der Waals surface area contributed by atoms with Crippen molar-refractivity contribution >= 4 is 34.7 Å². The smallest absolute Gasteiger partial charge is 0.234 e. The number of benzene rings is 2. The van der Waals surface area contributed by atoms with Crippen molar-refractivity contribution in [1.29, 1.82) is 0 Å². The molecule has 1 N–H and O–H groups in total. The Morgan fingerprint density at radius 2 is 1.97 bits per heavy atom. The average molecular weight is 437 g/mol. The van der Waals surface area contributed by atoms with Crippen molar-refractivity contribution in [2.75, 3.05) is 18.2 Å². The number of anilines is 1. The Morgan fingerprint density at radius 1 is 1.10 bits per heavy atom. The lowest BCUT2D eigenvalue weighted by atomic mass is 10.3. The van der Waals surface area contributed by atoms with Gasteiger partial charge < -0.3 is 10.1 Å². The SMILES string of the molecule is COc1cccc(NC(=O)CSc2nnc(Cc3cccs3)n2-c2ccccc2)c1. The summed E-state index contributed by atoms with van der Waals surface area (Å²) in [6.07, 6.45) is 0.691. The number of aromatic nitrogens is 3. The van der Waals surface area contributed by atoms with Gasteiger partial charge in [0.15, 0.2) is 5.16 Å². The van der Waals surface area contributed by atoms with E-state index in [0.717, 1.165) is 11.5 Å². The van der Waals surface area contributed by atoms with Gasteiger partial charge in [-0.25, -0.2) is 0 Å². The number of para-hydroxylation sites is 1. The Bertz CT molecular complexity index is 1110. The van der Waals surface area contributed by atoms with Crippen molar-refractivity contribution in [3.8, 4) is 11.4 Å². The highest BCUT2D eigenvalue weighted by Gasteiger charge is 2.16. The number of nitrogens with zero attached hydrogens (tertiary/aromatic N) is 3. The predicted octanol–water partition coefficient (Wildman–Crippen LogP) is 4.66. The molecule has 2 heterocycles. The molecule has 0 aliphatic carbocycles. The number of hydrogen-bond acceptors (Lipinski definition) is 6. The summed E-state index contributed by atoms with van der Waals surface area (Å²) in [5.74, 6) is 1.65. The van der Waals surface area contributed by atoms with Crippen LogP contribution in [0.1, 0.15) is 10.7 Å². The molecule has 0 bridgehead atoms. The molecule has 0 atom stereocenters. The van der Waals surface area contributed by atoms with E-state index < -0.39 is 0 Å². The van der Waals surface area contributed by atoms with E-state index in [1.54, 1.807) is 24.5 Å². The second-order valence-corrected chi connectivity index (χ2v) is 8.37. The van der Waals surface area contributed by atoms with Crippen LogP contribution in [0.3, 0.4) is 0 Å². The van der Waals surface area contributed by atoms with E-state index >= 15 is 0 Å². The van der Waals surface area contributed by atoms with E-state index in [-0.39, 0.29) is 11.7 Å². The molecule has 2 aromatic carbocycles. The van der Waals surface area contributed by atoms with E-state index in [0.29, 0.717) is 23.0 Å². The summed E-state index contributed by atoms with van der Waals surface area (Å²) >= 11 is 3.05. The third kappa shape index (κ3) is 4.90. The van der Waals surface area contributed by atoms with E-state index in [4.69, 9.17) is 4.74 Å². The van der Waals surface area contributed by atoms with Crippen LogP contribution >= 0.6 is 23.1 Å². The van der Waals surface area contributed by atoms with E-state index in [1.165, 1.54) is 16.6 Å². The van der Waals surface area contributed by atoms with Crippen molar-refractivity contribution in [1.82, 2.24) is 14.8 Å². The minimum atomic E-state index is -0.115. The average Bonchev–Trinajstić information content (AvgIpc) is 3.43. The summed E-state index contributed by atoms with van der Waals surface area (Å²) in [5, 5.41) is 14.4. The standard InChI is InChI=1S/C22H20N4O2S2/c1-28-18-10-5-7-16(13-18)23-21(27)15-30-22-25-24-20(14-19-11-6-12-29-19)26(22)17-8-3-2-4-9-17/h2-13H,14-15H2,1H3,(H,23,27). The van der Waals surface area contributed by atoms with Gasteiger partial charge in [-0.15, -0.1) is 21.5 Å². The third-order valence-electron chi connectivity index (χ3n) is 4.31. The minimum absolute atomic E-state index is 0.115. The van der Waals surface area contributed by atoms with Crippen LogP contribution in [0.15, 0.2) is 77.3 Å². The molecular formula is C22H20N4O2S2. The van der Waals surface area contributed by atoms with Gasteiger partial charge in [-0.2, -0.15) is 0 Å². The number of nitrogens with one attached hydrogen (secondary N) is 1. The molecule has 0 fully saturated rings. The number of ether oxygens (including phenoxy) is 1. The molecule has 4 aromatic rings. The highest BCUT2D eigenvalue weighted by atomic mass is 32.2. The van der Waals surface area contributed by atoms with Crippen LogP contribution in [0.2, 0.25) is 0 Å². The molecule has 0 aliphatic heterocycles. The first-order valence-electron chi connectivity index (χ1n) is 9.32. The van der Waals surface area contributed by atoms with Gasteiger partial charge in [0.25, 0.3) is 0 Å². The molecule has 30 heavy (non-hydrogen) atoms. The summed E-state index contributed by atoms with van der Waals surface area (Å²) in [6, 6.07) is 21.4. The molecule has 0 unspecified atom stereocenters. The van der Waals surface area contributed by atoms with Crippen LogP contribution in [-0.2, 0) is 11.2 Å². The molecule has 0 saturated heterocycles. The Balaban J connectivity index is 1.50. The Hall–Kier alpha value is -3.10. The number of thioether (sulfide) groups is 1. The number of thiophene rings is 1. The maximum atomic E-state index is 12.5. The van der Waals surface area contributed by atoms with E-state index in [2.05, 4.69) is 27.0 Å². The lowest BCUT2D eigenvalue weighted by Crippen LogP contribution is -2.14. The van der Waals surface area contributed by atoms with Gasteiger partial charge in [0.1, 0.15) is 11.6 Å². The molecule has 152 valence electrons. The Morgan fingerprint density at radius 3 is 2.73 bits per heavy atom. The lowest BCUT2D eigenvalue weighted by molar-refractivity contribution is -0.113. The molecule has 8 heteroatoms. The largest absolute Gasteiger partial charge is 0.497 e. The van der Waals surface area contributed by atoms with Crippen molar-refractivity contribution in [3.05, 3.63) is 82.8 Å². The van der Waals surface area contributed by atoms with Crippen LogP contribution in [0.25, 0.3) is 5.69 Å². The first kappa shape index (κ1) is 20.2. The first-order chi connectivity index (χ1) is 14.7. The van der Waals surface area contributed by atoms with Crippen LogP contribution in [0.5, 0.6) is 5.75 Å². The topological polar surface area (TPSA) is 69.0 Å². The molecule has 4 rings (SSSR count). The van der Waals surface area contributed by atoms with Crippen molar-refractivity contribution in [2.24, 2.45) is 0 Å². The van der Waals surface area contributed by atoms with E-state index in [1.807, 2.05) is 59.2 Å². The fourth-order valence-electron chi connectivity index (χ4n) is 2.94. The normalized spacial score (nSPS) is 10.7. The Labute approximate surface area is 182 Å². The van der Waals surface area contributed by atoms with Crippen molar-refractivity contribution in [3.63, 3.8) is 0 Å². The lowest BCUT2D eigenvalue weighted by Gasteiger charge is -2.10. The first-order valence-corrected chi connectivity index (χ1v) is 11.2. The van der Waals surface area contributed by atoms with E-state index in [9.17, 15) is 4.79 Å². The maximum absolute atomic E-state index is 12.5. The zero-order chi connectivity index (χ0) is 20.8. The summed E-state index contributed by atoms with van der Waals surface area (Å²) in [6.45, 7) is 0. The number of hydrogen-bond donors (Lipinski definition) is 1. The van der Waals surface area contributed by atoms with Gasteiger partial charge >= 0.3 is 0 Å². The van der Waals surface area contributed by atoms with Crippen molar-refractivity contribution < 1.29 is 9.53 Å². The fraction of sp³-hybridized carbons (Fsp3) is 0.136. The number of amides is 1. The predicted molar refractivity (Wildman–Crippen MR) is 121 cm³/mol. The number of methoxy groups -OCH3 is 1. The van der Waals surface area contributed by atoms with Gasteiger partial charge in [0, 0.05) is 28.7 Å². The molecule has 6 nitrogen and oxygen atoms in total. The van der Waals surface area contributed by atoms with Gasteiger partial charge in [-0.3, -0.25) is 9.36 Å². The number of carbonyl (C=O) groups excluding carboxylic acids is 1. The van der Waals surface area contributed by atoms with Crippen molar-refractivity contribution in [2.45, 2.75) is 11.6 Å². The highest BCUT2D eigenvalue weighted by Crippen LogP contribution is 2.25. The number of carbonyl (C=O) groups is 1. The van der Waals surface area contributed by atoms with Crippen LogP contribution in [0.4, 0.5) is 5.69 Å². The van der Waals surface area contributed by atoms with Crippen LogP contribution in [0, 0.1) is 0 Å². The van der Waals surface area contributed by atoms with Gasteiger partial charge in [0.05, 0.1) is 12.9 Å². The number of rotatable bonds is 8. The fourth-order valence-corrected chi connectivity index (χ4v) is 4.41. The van der Waals surface area contributed by atoms with Crippen LogP contribution in [-0.4, -0.2) is 33.5 Å². The second-order valence-electron chi connectivity index (χ2n) is 6.39. The zero-order valence-electron chi connectivity index (χ0n) is 16.3. The summed E-state index contributed by atoms with van der Waals surface area (Å²) in [5.41, 5.74) is 1.67. The molecule has 0 aliphatic rings. The summed E-state index contributed by atoms with van der Waals surface area (Å²) in [7, 11) is 1.60. The summed E-state index contributed by atoms with van der Waals surface area (Å²) < 4.78 is 7.22. The molecule has 1 amide bonds.